The van der Waals surface area contributed by atoms with Crippen LogP contribution in [0.3, 0.4) is 0 Å². The van der Waals surface area contributed by atoms with E-state index in [1.165, 1.54) is 30.8 Å². The van der Waals surface area contributed by atoms with Crippen LogP contribution in [0.25, 0.3) is 33.8 Å². The molecule has 1 fully saturated rings. The average molecular weight is 525 g/mol. The van der Waals surface area contributed by atoms with Gasteiger partial charge >= 0.3 is 5.65 Å². The Labute approximate surface area is 211 Å². The summed E-state index contributed by atoms with van der Waals surface area (Å²) in [6.07, 6.45) is 3.11. The van der Waals surface area contributed by atoms with Crippen molar-refractivity contribution in [2.45, 2.75) is 42.9 Å². The predicted molar refractivity (Wildman–Crippen MR) is 130 cm³/mol. The highest BCUT2D eigenvalue weighted by Crippen LogP contribution is 2.47. The van der Waals surface area contributed by atoms with Crippen molar-refractivity contribution < 1.29 is 22.0 Å². The second-order valence-corrected chi connectivity index (χ2v) is 11.5. The van der Waals surface area contributed by atoms with Crippen molar-refractivity contribution in [2.24, 2.45) is 7.05 Å². The predicted octanol–water partition coefficient (Wildman–Crippen LogP) is 3.79. The Morgan fingerprint density at radius 2 is 1.89 bits per heavy atom. The summed E-state index contributed by atoms with van der Waals surface area (Å²) < 4.78 is 55.1. The molecule has 0 unspecified atom stereocenters. The van der Waals surface area contributed by atoms with Crippen LogP contribution in [-0.2, 0) is 28.2 Å². The van der Waals surface area contributed by atoms with Crippen LogP contribution in [0.5, 0.6) is 0 Å². The van der Waals surface area contributed by atoms with Crippen LogP contribution >= 0.6 is 0 Å². The summed E-state index contributed by atoms with van der Waals surface area (Å²) in [6.45, 7) is 2.12. The van der Waals surface area contributed by atoms with Gasteiger partial charge in [0.25, 0.3) is 5.92 Å². The topological polar surface area (TPSA) is 128 Å². The molecule has 9 nitrogen and oxygen atoms in total. The van der Waals surface area contributed by atoms with E-state index in [2.05, 4.69) is 21.1 Å². The Morgan fingerprint density at radius 3 is 2.46 bits per heavy atom. The molecule has 3 aromatic heterocycles. The van der Waals surface area contributed by atoms with Crippen LogP contribution in [0.4, 0.5) is 8.78 Å². The SMILES string of the molecule is CCS(=O)(=O)c1cc(-c2ccc(C3(C#N)CC3)cc2)cnc1-c1nc2cc(C(C)(F)F)n[n+]([O-])c2n1C. The lowest BCUT2D eigenvalue weighted by Gasteiger charge is -2.11. The largest absolute Gasteiger partial charge is 0.691 e. The summed E-state index contributed by atoms with van der Waals surface area (Å²) in [6, 6.07) is 12.2. The third-order valence-corrected chi connectivity index (χ3v) is 8.45. The van der Waals surface area contributed by atoms with E-state index in [4.69, 9.17) is 0 Å². The minimum atomic E-state index is -3.81. The normalized spacial score (nSPS) is 15.0. The number of nitriles is 1. The molecule has 0 N–H and O–H groups in total. The van der Waals surface area contributed by atoms with E-state index in [0.717, 1.165) is 24.5 Å². The molecule has 0 aliphatic heterocycles. The van der Waals surface area contributed by atoms with Crippen molar-refractivity contribution in [1.82, 2.24) is 19.6 Å². The highest BCUT2D eigenvalue weighted by atomic mass is 32.2. The monoisotopic (exact) mass is 524 g/mol. The van der Waals surface area contributed by atoms with Crippen LogP contribution in [0.1, 0.15) is 37.9 Å². The Balaban J connectivity index is 1.66. The smallest absolute Gasteiger partial charge is 0.333 e. The third kappa shape index (κ3) is 4.09. The summed E-state index contributed by atoms with van der Waals surface area (Å²) in [5, 5.41) is 25.3. The lowest BCUT2D eigenvalue weighted by atomic mass is 9.95. The number of imidazole rings is 1. The first kappa shape index (κ1) is 24.7. The first-order valence-electron chi connectivity index (χ1n) is 11.5. The van der Waals surface area contributed by atoms with Crippen LogP contribution < -0.4 is 4.85 Å². The molecule has 190 valence electrons. The van der Waals surface area contributed by atoms with Gasteiger partial charge in [-0.3, -0.25) is 0 Å². The Kier molecular flexibility index (Phi) is 5.52. The Bertz CT molecular complexity index is 1700. The minimum absolute atomic E-state index is 0.00728. The first-order valence-corrected chi connectivity index (χ1v) is 13.2. The van der Waals surface area contributed by atoms with Crippen LogP contribution in [0.2, 0.25) is 0 Å². The lowest BCUT2D eigenvalue weighted by molar-refractivity contribution is -0.647. The number of alkyl halides is 2. The fourth-order valence-electron chi connectivity index (χ4n) is 4.30. The zero-order valence-corrected chi connectivity index (χ0v) is 21.1. The van der Waals surface area contributed by atoms with E-state index in [1.54, 1.807) is 0 Å². The van der Waals surface area contributed by atoms with Gasteiger partial charge in [0.1, 0.15) is 5.69 Å². The number of nitrogens with zero attached hydrogens (tertiary/aromatic N) is 6. The van der Waals surface area contributed by atoms with Gasteiger partial charge in [-0.15, -0.1) is 4.85 Å². The second-order valence-electron chi connectivity index (χ2n) is 9.24. The number of rotatable bonds is 6. The number of hydrogen-bond donors (Lipinski definition) is 0. The quantitative estimate of drug-likeness (QED) is 0.277. The van der Waals surface area contributed by atoms with Gasteiger partial charge in [-0.1, -0.05) is 36.3 Å². The van der Waals surface area contributed by atoms with Gasteiger partial charge in [0, 0.05) is 24.8 Å². The van der Waals surface area contributed by atoms with Gasteiger partial charge in [-0.25, -0.2) is 18.0 Å². The number of aromatic nitrogens is 5. The van der Waals surface area contributed by atoms with Crippen LogP contribution in [0.15, 0.2) is 47.5 Å². The molecule has 5 rings (SSSR count). The van der Waals surface area contributed by atoms with Crippen molar-refractivity contribution in [3.05, 3.63) is 59.1 Å². The van der Waals surface area contributed by atoms with E-state index in [-0.39, 0.29) is 38.2 Å². The molecule has 0 spiro atoms. The number of halogens is 2. The number of benzene rings is 1. The van der Waals surface area contributed by atoms with Crippen molar-refractivity contribution >= 4 is 21.0 Å². The molecule has 3 heterocycles. The molecular formula is C25H22F2N6O3S. The molecule has 1 aromatic carbocycles. The van der Waals surface area contributed by atoms with E-state index >= 15 is 0 Å². The molecule has 37 heavy (non-hydrogen) atoms. The van der Waals surface area contributed by atoms with Gasteiger partial charge in [-0.05, 0) is 30.0 Å². The number of sulfone groups is 1. The zero-order chi connectivity index (χ0) is 26.8. The molecule has 0 atom stereocenters. The third-order valence-electron chi connectivity index (χ3n) is 6.71. The summed E-state index contributed by atoms with van der Waals surface area (Å²) >= 11 is 0. The minimum Gasteiger partial charge on any atom is -0.691 e. The van der Waals surface area contributed by atoms with Crippen molar-refractivity contribution in [2.75, 3.05) is 5.75 Å². The highest BCUT2D eigenvalue weighted by molar-refractivity contribution is 7.91. The maximum Gasteiger partial charge on any atom is 0.333 e. The molecule has 0 radical (unpaired) electrons. The molecule has 1 aliphatic rings. The number of aryl methyl sites for hydroxylation is 1. The number of hydrogen-bond acceptors (Lipinski definition) is 7. The zero-order valence-electron chi connectivity index (χ0n) is 20.2. The van der Waals surface area contributed by atoms with Crippen molar-refractivity contribution in [3.63, 3.8) is 0 Å². The van der Waals surface area contributed by atoms with E-state index in [1.807, 2.05) is 24.3 Å². The standard InChI is InChI=1S/C25H22F2N6O3S/c1-4-37(35,36)19-11-16(15-5-7-17(8-6-15)25(14-28)9-10-25)13-29-21(19)22-30-18-12-20(24(2,26)27)31-33(34)23(18)32(22)3/h5-8,11-13H,4,9-10H2,1-3H3. The van der Waals surface area contributed by atoms with Crippen molar-refractivity contribution in [1.29, 1.82) is 5.26 Å². The molecule has 1 saturated carbocycles. The summed E-state index contributed by atoms with van der Waals surface area (Å²) in [5.74, 6) is -3.55. The van der Waals surface area contributed by atoms with Crippen molar-refractivity contribution in [3.8, 4) is 28.7 Å². The van der Waals surface area contributed by atoms with E-state index in [9.17, 15) is 27.7 Å². The Hall–Kier alpha value is -3.98. The molecular weight excluding hydrogens is 502 g/mol. The molecule has 1 aliphatic carbocycles. The lowest BCUT2D eigenvalue weighted by Crippen LogP contribution is -2.36. The molecule has 4 aromatic rings. The second kappa shape index (κ2) is 8.27. The van der Waals surface area contributed by atoms with Gasteiger partial charge in [0.05, 0.1) is 29.2 Å². The molecule has 0 amide bonds. The maximum absolute atomic E-state index is 13.8. The number of fused-ring (bicyclic) bond motifs is 1. The van der Waals surface area contributed by atoms with Gasteiger partial charge in [0.2, 0.25) is 5.82 Å². The average Bonchev–Trinajstić information content (AvgIpc) is 3.60. The van der Waals surface area contributed by atoms with E-state index < -0.39 is 26.9 Å². The van der Waals surface area contributed by atoms with Gasteiger partial charge < -0.3 is 5.21 Å². The molecule has 0 saturated heterocycles. The maximum atomic E-state index is 13.8. The fourth-order valence-corrected chi connectivity index (χ4v) is 5.36. The van der Waals surface area contributed by atoms with Crippen LogP contribution in [-0.4, -0.2) is 33.8 Å². The first-order chi connectivity index (χ1) is 17.4. The molecule has 12 heteroatoms. The summed E-state index contributed by atoms with van der Waals surface area (Å²) in [5.41, 5.74) is 0.793. The number of pyridine rings is 1. The fraction of sp³-hybridized carbons (Fsp3) is 0.320. The van der Waals surface area contributed by atoms with Gasteiger partial charge in [0.15, 0.2) is 21.0 Å². The molecule has 0 bridgehead atoms. The summed E-state index contributed by atoms with van der Waals surface area (Å²) in [7, 11) is -2.35. The van der Waals surface area contributed by atoms with Gasteiger partial charge in [-0.2, -0.15) is 19.0 Å². The summed E-state index contributed by atoms with van der Waals surface area (Å²) in [4.78, 5) is 8.65. The Morgan fingerprint density at radius 1 is 1.22 bits per heavy atom. The van der Waals surface area contributed by atoms with Crippen LogP contribution in [0, 0.1) is 16.5 Å². The van der Waals surface area contributed by atoms with E-state index in [0.29, 0.717) is 18.1 Å². The highest BCUT2D eigenvalue weighted by Gasteiger charge is 2.44.